The number of carbonyl (C=O) groups is 3. The first-order chi connectivity index (χ1) is 15.4. The molecular formula is C22H21N7O3. The minimum Gasteiger partial charge on any atom is -0.338 e. The fourth-order valence-electron chi connectivity index (χ4n) is 4.04. The summed E-state index contributed by atoms with van der Waals surface area (Å²) >= 11 is 0. The Kier molecular flexibility index (Phi) is 4.62. The van der Waals surface area contributed by atoms with Crippen molar-refractivity contribution in [3.63, 3.8) is 0 Å². The van der Waals surface area contributed by atoms with Crippen molar-refractivity contribution >= 4 is 40.9 Å². The molecule has 3 heterocycles. The highest BCUT2D eigenvalue weighted by atomic mass is 16.2. The molecular weight excluding hydrogens is 410 g/mol. The lowest BCUT2D eigenvalue weighted by Gasteiger charge is -2.39. The van der Waals surface area contributed by atoms with Gasteiger partial charge in [-0.3, -0.25) is 14.5 Å². The van der Waals surface area contributed by atoms with E-state index in [-0.39, 0.29) is 18.4 Å². The number of urea groups is 1. The Balaban J connectivity index is 1.30. The molecule has 2 N–H and O–H groups in total. The third-order valence-corrected chi connectivity index (χ3v) is 5.71. The van der Waals surface area contributed by atoms with Crippen molar-refractivity contribution in [3.8, 4) is 11.4 Å². The highest BCUT2D eigenvalue weighted by Crippen LogP contribution is 2.25. The highest BCUT2D eigenvalue weighted by Gasteiger charge is 2.48. The van der Waals surface area contributed by atoms with E-state index < -0.39 is 18.2 Å². The van der Waals surface area contributed by atoms with Crippen LogP contribution in [0.4, 0.5) is 10.5 Å². The molecule has 1 fully saturated rings. The maximum absolute atomic E-state index is 12.7. The molecule has 1 saturated heterocycles. The van der Waals surface area contributed by atoms with Crippen LogP contribution in [0.5, 0.6) is 0 Å². The summed E-state index contributed by atoms with van der Waals surface area (Å²) in [6, 6.07) is 14.0. The number of aliphatic imine (C=N–C) groups is 1. The topological polar surface area (TPSA) is 114 Å². The van der Waals surface area contributed by atoms with Gasteiger partial charge in [0.05, 0.1) is 23.9 Å². The van der Waals surface area contributed by atoms with Crippen molar-refractivity contribution in [2.24, 2.45) is 4.99 Å². The van der Waals surface area contributed by atoms with Gasteiger partial charge in [-0.05, 0) is 24.3 Å². The van der Waals surface area contributed by atoms with Gasteiger partial charge >= 0.3 is 6.03 Å². The van der Waals surface area contributed by atoms with E-state index in [1.807, 2.05) is 42.5 Å². The van der Waals surface area contributed by atoms with E-state index in [1.54, 1.807) is 18.0 Å². The molecule has 0 saturated carbocycles. The Labute approximate surface area is 183 Å². The van der Waals surface area contributed by atoms with Crippen molar-refractivity contribution in [1.82, 2.24) is 24.7 Å². The molecule has 0 spiro atoms. The molecule has 2 atom stereocenters. The third-order valence-electron chi connectivity index (χ3n) is 5.71. The number of nitrogens with zero attached hydrogens (tertiary/aromatic N) is 5. The first-order valence-corrected chi connectivity index (χ1v) is 10.1. The van der Waals surface area contributed by atoms with Crippen molar-refractivity contribution < 1.29 is 14.4 Å². The average Bonchev–Trinajstić information content (AvgIpc) is 3.41. The number of anilines is 1. The summed E-state index contributed by atoms with van der Waals surface area (Å²) in [6.07, 6.45) is 0.830. The van der Waals surface area contributed by atoms with Gasteiger partial charge in [0.1, 0.15) is 5.82 Å². The van der Waals surface area contributed by atoms with Crippen LogP contribution in [0.1, 0.15) is 0 Å². The zero-order valence-electron chi connectivity index (χ0n) is 17.5. The number of hydrogen-bond donors (Lipinski definition) is 2. The molecule has 0 bridgehead atoms. The first kappa shape index (κ1) is 19.7. The Morgan fingerprint density at radius 2 is 1.94 bits per heavy atom. The lowest BCUT2D eigenvalue weighted by molar-refractivity contribution is -0.136. The van der Waals surface area contributed by atoms with Gasteiger partial charge in [0.15, 0.2) is 12.2 Å². The molecule has 5 rings (SSSR count). The predicted molar refractivity (Wildman–Crippen MR) is 119 cm³/mol. The Hall–Kier alpha value is -4.21. The van der Waals surface area contributed by atoms with Gasteiger partial charge in [-0.25, -0.2) is 14.8 Å². The minimum atomic E-state index is -0.713. The van der Waals surface area contributed by atoms with Crippen LogP contribution >= 0.6 is 0 Å². The Morgan fingerprint density at radius 1 is 1.12 bits per heavy atom. The molecule has 0 aliphatic carbocycles. The largest absolute Gasteiger partial charge is 0.338 e. The quantitative estimate of drug-likeness (QED) is 0.653. The molecule has 4 amide bonds. The molecule has 1 aromatic heterocycles. The van der Waals surface area contributed by atoms with Crippen molar-refractivity contribution in [2.75, 3.05) is 26.0 Å². The molecule has 10 nitrogen and oxygen atoms in total. The second kappa shape index (κ2) is 7.49. The fourth-order valence-corrected chi connectivity index (χ4v) is 4.04. The lowest BCUT2D eigenvalue weighted by atomic mass is 10.1. The van der Waals surface area contributed by atoms with Gasteiger partial charge in [-0.1, -0.05) is 24.3 Å². The van der Waals surface area contributed by atoms with Crippen LogP contribution in [0, 0.1) is 0 Å². The third kappa shape index (κ3) is 3.25. The summed E-state index contributed by atoms with van der Waals surface area (Å²) in [5.41, 5.74) is 3.25. The minimum absolute atomic E-state index is 0.0683. The summed E-state index contributed by atoms with van der Waals surface area (Å²) in [4.78, 5) is 53.6. The van der Waals surface area contributed by atoms with E-state index in [4.69, 9.17) is 0 Å². The number of imidazole rings is 1. The van der Waals surface area contributed by atoms with Gasteiger partial charge in [0.2, 0.25) is 5.91 Å². The summed E-state index contributed by atoms with van der Waals surface area (Å²) < 4.78 is 0. The molecule has 162 valence electrons. The number of imide groups is 1. The van der Waals surface area contributed by atoms with Crippen LogP contribution in [-0.2, 0) is 9.59 Å². The van der Waals surface area contributed by atoms with Gasteiger partial charge in [0.25, 0.3) is 5.91 Å². The van der Waals surface area contributed by atoms with Crippen LogP contribution in [0.15, 0.2) is 53.5 Å². The van der Waals surface area contributed by atoms with Gasteiger partial charge in [0, 0.05) is 25.3 Å². The Bertz CT molecular complexity index is 1230. The van der Waals surface area contributed by atoms with E-state index in [0.29, 0.717) is 11.5 Å². The number of aromatic nitrogens is 2. The lowest BCUT2D eigenvalue weighted by Crippen LogP contribution is -2.64. The van der Waals surface area contributed by atoms with Gasteiger partial charge in [-0.15, -0.1) is 0 Å². The Morgan fingerprint density at radius 3 is 2.75 bits per heavy atom. The number of nitrogens with one attached hydrogen (secondary N) is 2. The van der Waals surface area contributed by atoms with Crippen molar-refractivity contribution in [3.05, 3.63) is 48.5 Å². The van der Waals surface area contributed by atoms with Crippen LogP contribution in [-0.4, -0.2) is 81.7 Å². The molecule has 2 aromatic carbocycles. The van der Waals surface area contributed by atoms with Crippen LogP contribution in [0.2, 0.25) is 0 Å². The average molecular weight is 431 g/mol. The standard InChI is InChI=1S/C22H21N7O3/c1-27-20-18(21(31)28(2)22(27)32)29(12-23-20)11-17(30)24-14-7-5-6-13(10-14)19-25-15-8-3-4-9-16(15)26-19/h3-10,12,18,20H,11H2,1-2H3,(H,24,30)(H,25,26). The molecule has 2 aliphatic rings. The first-order valence-electron chi connectivity index (χ1n) is 10.1. The van der Waals surface area contributed by atoms with E-state index in [2.05, 4.69) is 20.3 Å². The summed E-state index contributed by atoms with van der Waals surface area (Å²) in [5, 5.41) is 2.86. The zero-order chi connectivity index (χ0) is 22.4. The number of H-pyrrole nitrogens is 1. The van der Waals surface area contributed by atoms with E-state index >= 15 is 0 Å². The van der Waals surface area contributed by atoms with Crippen LogP contribution in [0.3, 0.4) is 0 Å². The number of likely N-dealkylation sites (N-methyl/N-ethyl adjacent to an activating group) is 2. The maximum atomic E-state index is 12.7. The van der Waals surface area contributed by atoms with Crippen molar-refractivity contribution in [1.29, 1.82) is 0 Å². The number of fused-ring (bicyclic) bond motifs is 2. The van der Waals surface area contributed by atoms with Crippen LogP contribution < -0.4 is 5.32 Å². The van der Waals surface area contributed by atoms with Gasteiger partial charge < -0.3 is 20.1 Å². The molecule has 2 aliphatic heterocycles. The maximum Gasteiger partial charge on any atom is 0.328 e. The van der Waals surface area contributed by atoms with Crippen LogP contribution in [0.25, 0.3) is 22.4 Å². The second-order valence-corrected chi connectivity index (χ2v) is 7.82. The predicted octanol–water partition coefficient (Wildman–Crippen LogP) is 1.73. The number of hydrogen-bond acceptors (Lipinski definition) is 6. The molecule has 32 heavy (non-hydrogen) atoms. The molecule has 3 aromatic rings. The normalized spacial score (nSPS) is 20.2. The number of aromatic amines is 1. The molecule has 10 heteroatoms. The molecule has 2 unspecified atom stereocenters. The number of amides is 4. The number of carbonyl (C=O) groups excluding carboxylic acids is 3. The number of rotatable bonds is 4. The van der Waals surface area contributed by atoms with E-state index in [1.165, 1.54) is 18.3 Å². The molecule has 0 radical (unpaired) electrons. The number of para-hydroxylation sites is 2. The SMILES string of the molecule is CN1C(=O)C2C(N=CN2CC(=O)Nc2cccc(-c3nc4ccccc4[nH]3)c2)N(C)C1=O. The van der Waals surface area contributed by atoms with Gasteiger partial charge in [-0.2, -0.15) is 0 Å². The van der Waals surface area contributed by atoms with Crippen molar-refractivity contribution in [2.45, 2.75) is 12.2 Å². The second-order valence-electron chi connectivity index (χ2n) is 7.82. The highest BCUT2D eigenvalue weighted by molar-refractivity contribution is 6.03. The van der Waals surface area contributed by atoms with E-state index in [0.717, 1.165) is 21.5 Å². The summed E-state index contributed by atoms with van der Waals surface area (Å²) in [5.74, 6) is 0.0319. The van der Waals surface area contributed by atoms with E-state index in [9.17, 15) is 14.4 Å². The monoisotopic (exact) mass is 431 g/mol. The summed E-state index contributed by atoms with van der Waals surface area (Å²) in [7, 11) is 3.02. The smallest absolute Gasteiger partial charge is 0.328 e. The number of benzene rings is 2. The summed E-state index contributed by atoms with van der Waals surface area (Å²) in [6.45, 7) is -0.0683. The fraction of sp³-hybridized carbons (Fsp3) is 0.227. The zero-order valence-corrected chi connectivity index (χ0v) is 17.5.